The van der Waals surface area contributed by atoms with Gasteiger partial charge in [0, 0.05) is 0 Å². The molecule has 0 aliphatic heterocycles. The minimum Gasteiger partial charge on any atom is -0.323 e. The fourth-order valence-corrected chi connectivity index (χ4v) is 0.0456. The van der Waals surface area contributed by atoms with Crippen LogP contribution in [0.4, 0.5) is 0 Å². The van der Waals surface area contributed by atoms with Crippen molar-refractivity contribution in [2.75, 3.05) is 6.54 Å². The SMILES string of the molecule is CC(C)S.N#CC(=O)CN. The van der Waals surface area contributed by atoms with Crippen LogP contribution in [0.3, 0.4) is 0 Å². The molecule has 10 heavy (non-hydrogen) atoms. The highest BCUT2D eigenvalue weighted by Crippen LogP contribution is 1.83. The molecule has 0 amide bonds. The quantitative estimate of drug-likeness (QED) is 0.430. The monoisotopic (exact) mass is 160 g/mol. The highest BCUT2D eigenvalue weighted by atomic mass is 32.1. The van der Waals surface area contributed by atoms with Gasteiger partial charge in [-0.15, -0.1) is 0 Å². The number of nitriles is 1. The van der Waals surface area contributed by atoms with Gasteiger partial charge in [-0.25, -0.2) is 0 Å². The Bertz CT molecular complexity index is 125. The van der Waals surface area contributed by atoms with Gasteiger partial charge in [-0.05, 0) is 5.25 Å². The highest BCUT2D eigenvalue weighted by Gasteiger charge is 1.87. The molecule has 58 valence electrons. The summed E-state index contributed by atoms with van der Waals surface area (Å²) in [5.74, 6) is -0.574. The van der Waals surface area contributed by atoms with E-state index in [1.165, 1.54) is 6.07 Å². The first-order chi connectivity index (χ1) is 4.54. The number of nitrogens with two attached hydrogens (primary N) is 1. The van der Waals surface area contributed by atoms with E-state index in [4.69, 9.17) is 11.0 Å². The van der Waals surface area contributed by atoms with Gasteiger partial charge in [-0.2, -0.15) is 17.9 Å². The van der Waals surface area contributed by atoms with Crippen molar-refractivity contribution in [1.29, 1.82) is 5.26 Å². The van der Waals surface area contributed by atoms with Gasteiger partial charge in [0.2, 0.25) is 5.78 Å². The zero-order chi connectivity index (χ0) is 8.57. The number of hydrogen-bond donors (Lipinski definition) is 2. The minimum absolute atomic E-state index is 0.170. The van der Waals surface area contributed by atoms with E-state index in [1.807, 2.05) is 13.8 Å². The lowest BCUT2D eigenvalue weighted by atomic mass is 10.5. The number of Topliss-reactive ketones (excluding diaryl/α,β-unsaturated/α-hetero) is 1. The van der Waals surface area contributed by atoms with Crippen LogP contribution in [0.5, 0.6) is 0 Å². The second-order valence-electron chi connectivity index (χ2n) is 1.83. The summed E-state index contributed by atoms with van der Waals surface area (Å²) in [5.41, 5.74) is 4.71. The molecule has 0 aromatic rings. The van der Waals surface area contributed by atoms with E-state index in [0.29, 0.717) is 5.25 Å². The summed E-state index contributed by atoms with van der Waals surface area (Å²) in [4.78, 5) is 9.69. The molecule has 0 saturated heterocycles. The Labute approximate surface area is 66.6 Å². The average molecular weight is 160 g/mol. The zero-order valence-electron chi connectivity index (χ0n) is 6.16. The Hall–Kier alpha value is -0.530. The van der Waals surface area contributed by atoms with Crippen LogP contribution in [0, 0.1) is 11.3 Å². The summed E-state index contributed by atoms with van der Waals surface area (Å²) in [7, 11) is 0. The van der Waals surface area contributed by atoms with Crippen LogP contribution in [0.2, 0.25) is 0 Å². The van der Waals surface area contributed by atoms with E-state index in [-0.39, 0.29) is 6.54 Å². The molecule has 0 atom stereocenters. The van der Waals surface area contributed by atoms with Gasteiger partial charge in [0.25, 0.3) is 0 Å². The lowest BCUT2D eigenvalue weighted by molar-refractivity contribution is -0.112. The number of rotatable bonds is 1. The molecule has 0 rings (SSSR count). The van der Waals surface area contributed by atoms with Crippen LogP contribution in [0.25, 0.3) is 0 Å². The molecule has 0 aliphatic carbocycles. The van der Waals surface area contributed by atoms with E-state index in [0.717, 1.165) is 0 Å². The number of carbonyl (C=O) groups is 1. The second kappa shape index (κ2) is 8.47. The third kappa shape index (κ3) is 26.0. The summed E-state index contributed by atoms with van der Waals surface area (Å²) >= 11 is 3.97. The Morgan fingerprint density at radius 3 is 2.10 bits per heavy atom. The van der Waals surface area contributed by atoms with Crippen molar-refractivity contribution in [3.63, 3.8) is 0 Å². The molecule has 0 aliphatic rings. The third-order valence-electron chi connectivity index (χ3n) is 0.310. The van der Waals surface area contributed by atoms with Gasteiger partial charge < -0.3 is 5.73 Å². The maximum Gasteiger partial charge on any atom is 0.245 e. The molecule has 0 aromatic heterocycles. The number of carbonyl (C=O) groups excluding carboxylic acids is 1. The van der Waals surface area contributed by atoms with E-state index in [9.17, 15) is 4.79 Å². The molecule has 0 unspecified atom stereocenters. The van der Waals surface area contributed by atoms with Crippen LogP contribution >= 0.6 is 12.6 Å². The number of hydrogen-bond acceptors (Lipinski definition) is 4. The largest absolute Gasteiger partial charge is 0.323 e. The molecule has 0 radical (unpaired) electrons. The molecule has 0 saturated carbocycles. The lowest BCUT2D eigenvalue weighted by Crippen LogP contribution is -2.09. The van der Waals surface area contributed by atoms with Gasteiger partial charge in [-0.3, -0.25) is 4.79 Å². The Morgan fingerprint density at radius 2 is 2.10 bits per heavy atom. The molecule has 0 fully saturated rings. The Kier molecular flexibility index (Phi) is 10.3. The standard InChI is InChI=1S/C3H4N2O.C3H8S/c4-1-3(6)2-5;1-3(2)4/h1,4H2;3-4H,1-2H3. The maximum atomic E-state index is 9.69. The van der Waals surface area contributed by atoms with E-state index in [1.54, 1.807) is 0 Å². The molecule has 2 N–H and O–H groups in total. The van der Waals surface area contributed by atoms with Crippen molar-refractivity contribution in [2.45, 2.75) is 19.1 Å². The summed E-state index contributed by atoms with van der Waals surface area (Å²) < 4.78 is 0. The second-order valence-corrected chi connectivity index (χ2v) is 2.87. The van der Waals surface area contributed by atoms with Crippen LogP contribution < -0.4 is 5.73 Å². The predicted octanol–water partition coefficient (Wildman–Crippen LogP) is 0.362. The molecule has 0 heterocycles. The van der Waals surface area contributed by atoms with Gasteiger partial charge >= 0.3 is 0 Å². The van der Waals surface area contributed by atoms with E-state index < -0.39 is 5.78 Å². The maximum absolute atomic E-state index is 9.69. The summed E-state index contributed by atoms with van der Waals surface area (Å²) in [6.45, 7) is 3.89. The topological polar surface area (TPSA) is 66.9 Å². The normalized spacial score (nSPS) is 7.60. The molecule has 0 aromatic carbocycles. The fraction of sp³-hybridized carbons (Fsp3) is 0.667. The molecular weight excluding hydrogens is 148 g/mol. The first-order valence-electron chi connectivity index (χ1n) is 2.85. The van der Waals surface area contributed by atoms with E-state index >= 15 is 0 Å². The Morgan fingerprint density at radius 1 is 1.80 bits per heavy atom. The van der Waals surface area contributed by atoms with Gasteiger partial charge in [0.1, 0.15) is 6.07 Å². The Balaban J connectivity index is 0. The zero-order valence-corrected chi connectivity index (χ0v) is 7.06. The lowest BCUT2D eigenvalue weighted by Gasteiger charge is -1.78. The first-order valence-corrected chi connectivity index (χ1v) is 3.37. The van der Waals surface area contributed by atoms with E-state index in [2.05, 4.69) is 12.6 Å². The minimum atomic E-state index is -0.574. The van der Waals surface area contributed by atoms with Crippen LogP contribution in [-0.2, 0) is 4.79 Å². The van der Waals surface area contributed by atoms with Crippen LogP contribution in [0.15, 0.2) is 0 Å². The summed E-state index contributed by atoms with van der Waals surface area (Å²) in [6, 6.07) is 1.35. The number of ketones is 1. The molecule has 3 nitrogen and oxygen atoms in total. The predicted molar refractivity (Wildman–Crippen MR) is 43.8 cm³/mol. The van der Waals surface area contributed by atoms with Crippen molar-refractivity contribution < 1.29 is 4.79 Å². The third-order valence-corrected chi connectivity index (χ3v) is 0.310. The van der Waals surface area contributed by atoms with Crippen LogP contribution in [0.1, 0.15) is 13.8 Å². The molecule has 4 heteroatoms. The highest BCUT2D eigenvalue weighted by molar-refractivity contribution is 7.80. The van der Waals surface area contributed by atoms with Gasteiger partial charge in [0.05, 0.1) is 6.54 Å². The van der Waals surface area contributed by atoms with Crippen molar-refractivity contribution in [1.82, 2.24) is 0 Å². The number of thiol groups is 1. The van der Waals surface area contributed by atoms with Crippen molar-refractivity contribution >= 4 is 18.4 Å². The van der Waals surface area contributed by atoms with Crippen LogP contribution in [-0.4, -0.2) is 17.6 Å². The summed E-state index contributed by atoms with van der Waals surface area (Å²) in [6.07, 6.45) is 0. The molecular formula is C6H12N2OS. The first kappa shape index (κ1) is 12.2. The number of nitrogens with zero attached hydrogens (tertiary/aromatic N) is 1. The molecule has 0 bridgehead atoms. The smallest absolute Gasteiger partial charge is 0.245 e. The average Bonchev–Trinajstić information content (AvgIpc) is 1.85. The van der Waals surface area contributed by atoms with Gasteiger partial charge in [-0.1, -0.05) is 13.8 Å². The summed E-state index contributed by atoms with van der Waals surface area (Å²) in [5, 5.41) is 8.18. The molecule has 0 spiro atoms. The van der Waals surface area contributed by atoms with Gasteiger partial charge in [0.15, 0.2) is 0 Å². The van der Waals surface area contributed by atoms with Crippen molar-refractivity contribution in [3.8, 4) is 6.07 Å². The fourth-order valence-electron chi connectivity index (χ4n) is 0.0456. The van der Waals surface area contributed by atoms with Crippen molar-refractivity contribution in [3.05, 3.63) is 0 Å². The van der Waals surface area contributed by atoms with Crippen molar-refractivity contribution in [2.24, 2.45) is 5.73 Å².